The van der Waals surface area contributed by atoms with Crippen molar-refractivity contribution in [2.45, 2.75) is 6.92 Å². The summed E-state index contributed by atoms with van der Waals surface area (Å²) in [5.41, 5.74) is 1.32. The van der Waals surface area contributed by atoms with Gasteiger partial charge in [-0.15, -0.1) is 0 Å². The molecule has 0 saturated heterocycles. The Labute approximate surface area is 91.9 Å². The lowest BCUT2D eigenvalue weighted by molar-refractivity contribution is 1.06. The van der Waals surface area contributed by atoms with Gasteiger partial charge < -0.3 is 4.98 Å². The van der Waals surface area contributed by atoms with Gasteiger partial charge in [0, 0.05) is 6.08 Å². The average Bonchev–Trinajstić information content (AvgIpc) is 2.26. The maximum absolute atomic E-state index is 11.6. The number of aromatic nitrogens is 2. The lowest BCUT2D eigenvalue weighted by Crippen LogP contribution is -2.09. The smallest absolute Gasteiger partial charge is 0.258 e. The van der Waals surface area contributed by atoms with Gasteiger partial charge in [0.05, 0.1) is 17.0 Å². The maximum Gasteiger partial charge on any atom is 0.258 e. The number of rotatable bonds is 1. The molecule has 0 radical (unpaired) electrons. The molecule has 1 aromatic heterocycles. The fraction of sp³-hybridized carbons (Fsp3) is 0.0833. The first-order valence-electron chi connectivity index (χ1n) is 4.77. The highest BCUT2D eigenvalue weighted by Crippen LogP contribution is 2.11. The van der Waals surface area contributed by atoms with E-state index in [-0.39, 0.29) is 5.56 Å². The molecule has 1 N–H and O–H groups in total. The van der Waals surface area contributed by atoms with Crippen LogP contribution in [0.4, 0.5) is 0 Å². The van der Waals surface area contributed by atoms with E-state index in [1.165, 1.54) is 6.08 Å². The molecule has 78 valence electrons. The molecule has 0 saturated carbocycles. The lowest BCUT2D eigenvalue weighted by Gasteiger charge is -1.99. The number of aryl methyl sites for hydroxylation is 1. The highest BCUT2D eigenvalue weighted by molar-refractivity contribution is 5.80. The van der Waals surface area contributed by atoms with Gasteiger partial charge in [-0.25, -0.2) is 4.98 Å². The molecule has 2 aromatic rings. The summed E-state index contributed by atoms with van der Waals surface area (Å²) in [5.74, 6) is 0.595. The molecule has 0 bridgehead atoms. The van der Waals surface area contributed by atoms with Crippen LogP contribution < -0.4 is 5.56 Å². The molecule has 0 aliphatic heterocycles. The molecule has 0 fully saturated rings. The van der Waals surface area contributed by atoms with Crippen molar-refractivity contribution in [3.8, 4) is 6.07 Å². The standard InChI is InChI=1S/C12H9N3O/c1-8-14-11-5-4-9(3-2-6-13)7-10(11)12(16)15-8/h2-5,7H,1H3,(H,14,15,16). The van der Waals surface area contributed by atoms with E-state index >= 15 is 0 Å². The Hall–Kier alpha value is -2.41. The molecule has 4 heteroatoms. The molecule has 0 unspecified atom stereocenters. The van der Waals surface area contributed by atoms with Crippen molar-refractivity contribution in [1.29, 1.82) is 5.26 Å². The van der Waals surface area contributed by atoms with Crippen molar-refractivity contribution >= 4 is 17.0 Å². The van der Waals surface area contributed by atoms with E-state index < -0.39 is 0 Å². The third-order valence-electron chi connectivity index (χ3n) is 2.20. The maximum atomic E-state index is 11.6. The molecular weight excluding hydrogens is 202 g/mol. The van der Waals surface area contributed by atoms with Gasteiger partial charge in [0.2, 0.25) is 0 Å². The molecule has 4 nitrogen and oxygen atoms in total. The van der Waals surface area contributed by atoms with Gasteiger partial charge >= 0.3 is 0 Å². The molecule has 0 spiro atoms. The van der Waals surface area contributed by atoms with Crippen molar-refractivity contribution in [1.82, 2.24) is 9.97 Å². The number of aromatic amines is 1. The third-order valence-corrected chi connectivity index (χ3v) is 2.20. The second-order valence-electron chi connectivity index (χ2n) is 3.39. The van der Waals surface area contributed by atoms with Crippen molar-refractivity contribution in [3.63, 3.8) is 0 Å². The first-order chi connectivity index (χ1) is 7.70. The normalized spacial score (nSPS) is 10.8. The number of benzene rings is 1. The summed E-state index contributed by atoms with van der Waals surface area (Å²) in [5, 5.41) is 8.95. The summed E-state index contributed by atoms with van der Waals surface area (Å²) in [6, 6.07) is 7.22. The molecular formula is C12H9N3O. The van der Waals surface area contributed by atoms with Crippen molar-refractivity contribution in [3.05, 3.63) is 46.0 Å². The van der Waals surface area contributed by atoms with Gasteiger partial charge in [0.15, 0.2) is 0 Å². The third kappa shape index (κ3) is 1.84. The van der Waals surface area contributed by atoms with E-state index in [0.29, 0.717) is 16.7 Å². The Balaban J connectivity index is 2.68. The number of hydrogen-bond acceptors (Lipinski definition) is 3. The highest BCUT2D eigenvalue weighted by Gasteiger charge is 2.01. The fourth-order valence-corrected chi connectivity index (χ4v) is 1.51. The highest BCUT2D eigenvalue weighted by atomic mass is 16.1. The van der Waals surface area contributed by atoms with Crippen LogP contribution >= 0.6 is 0 Å². The molecule has 1 aromatic carbocycles. The summed E-state index contributed by atoms with van der Waals surface area (Å²) in [7, 11) is 0. The molecule has 0 amide bonds. The van der Waals surface area contributed by atoms with Crippen LogP contribution in [-0.4, -0.2) is 9.97 Å². The number of H-pyrrole nitrogens is 1. The first kappa shape index (κ1) is 10.1. The Morgan fingerprint density at radius 2 is 2.31 bits per heavy atom. The quantitative estimate of drug-likeness (QED) is 0.731. The molecule has 0 atom stereocenters. The number of fused-ring (bicyclic) bond motifs is 1. The zero-order valence-corrected chi connectivity index (χ0v) is 8.69. The van der Waals surface area contributed by atoms with E-state index in [1.54, 1.807) is 25.1 Å². The van der Waals surface area contributed by atoms with Crippen LogP contribution in [0.5, 0.6) is 0 Å². The van der Waals surface area contributed by atoms with E-state index in [4.69, 9.17) is 5.26 Å². The Kier molecular flexibility index (Phi) is 2.52. The van der Waals surface area contributed by atoms with Crippen LogP contribution in [0.1, 0.15) is 11.4 Å². The average molecular weight is 211 g/mol. The summed E-state index contributed by atoms with van der Waals surface area (Å²) in [4.78, 5) is 18.5. The molecule has 2 rings (SSSR count). The van der Waals surface area contributed by atoms with Gasteiger partial charge in [0.1, 0.15) is 5.82 Å². The first-order valence-corrected chi connectivity index (χ1v) is 4.77. The largest absolute Gasteiger partial charge is 0.310 e. The van der Waals surface area contributed by atoms with Crippen LogP contribution in [0.15, 0.2) is 29.1 Å². The monoisotopic (exact) mass is 211 g/mol. The number of nitrogens with one attached hydrogen (secondary N) is 1. The molecule has 1 heterocycles. The van der Waals surface area contributed by atoms with E-state index in [2.05, 4.69) is 9.97 Å². The van der Waals surface area contributed by atoms with Crippen LogP contribution in [0.2, 0.25) is 0 Å². The Bertz CT molecular complexity index is 662. The Morgan fingerprint density at radius 3 is 3.06 bits per heavy atom. The van der Waals surface area contributed by atoms with Gasteiger partial charge in [-0.3, -0.25) is 4.79 Å². The number of nitriles is 1. The molecule has 0 aliphatic carbocycles. The number of allylic oxidation sites excluding steroid dienone is 1. The summed E-state index contributed by atoms with van der Waals surface area (Å²) in [6.07, 6.45) is 3.02. The number of nitrogens with zero attached hydrogens (tertiary/aromatic N) is 2. The lowest BCUT2D eigenvalue weighted by atomic mass is 10.1. The SMILES string of the molecule is Cc1nc2ccc(C=CC#N)cc2c(=O)[nH]1. The number of hydrogen-bond donors (Lipinski definition) is 1. The summed E-state index contributed by atoms with van der Waals surface area (Å²) in [6.45, 7) is 1.74. The van der Waals surface area contributed by atoms with Crippen LogP contribution in [0.25, 0.3) is 17.0 Å². The second-order valence-corrected chi connectivity index (χ2v) is 3.39. The van der Waals surface area contributed by atoms with Gasteiger partial charge in [-0.05, 0) is 30.7 Å². The molecule has 0 aliphatic rings. The van der Waals surface area contributed by atoms with Crippen LogP contribution in [0.3, 0.4) is 0 Å². The van der Waals surface area contributed by atoms with E-state index in [0.717, 1.165) is 5.56 Å². The van der Waals surface area contributed by atoms with Crippen molar-refractivity contribution in [2.75, 3.05) is 0 Å². The topological polar surface area (TPSA) is 69.5 Å². The van der Waals surface area contributed by atoms with Crippen molar-refractivity contribution in [2.24, 2.45) is 0 Å². The van der Waals surface area contributed by atoms with Crippen molar-refractivity contribution < 1.29 is 0 Å². The molecule has 16 heavy (non-hydrogen) atoms. The summed E-state index contributed by atoms with van der Waals surface area (Å²) >= 11 is 0. The minimum atomic E-state index is -0.158. The van der Waals surface area contributed by atoms with E-state index in [9.17, 15) is 4.79 Å². The second kappa shape index (κ2) is 3.99. The predicted octanol–water partition coefficient (Wildman–Crippen LogP) is 1.77. The van der Waals surface area contributed by atoms with Gasteiger partial charge in [-0.1, -0.05) is 6.07 Å². The van der Waals surface area contributed by atoms with Crippen LogP contribution in [-0.2, 0) is 0 Å². The summed E-state index contributed by atoms with van der Waals surface area (Å²) < 4.78 is 0. The zero-order chi connectivity index (χ0) is 11.5. The fourth-order valence-electron chi connectivity index (χ4n) is 1.51. The Morgan fingerprint density at radius 1 is 1.50 bits per heavy atom. The van der Waals surface area contributed by atoms with Gasteiger partial charge in [0.25, 0.3) is 5.56 Å². The van der Waals surface area contributed by atoms with E-state index in [1.807, 2.05) is 12.1 Å². The van der Waals surface area contributed by atoms with Crippen LogP contribution in [0, 0.1) is 18.3 Å². The minimum absolute atomic E-state index is 0.158. The zero-order valence-electron chi connectivity index (χ0n) is 8.69. The van der Waals surface area contributed by atoms with Gasteiger partial charge in [-0.2, -0.15) is 5.26 Å². The predicted molar refractivity (Wildman–Crippen MR) is 61.7 cm³/mol. The minimum Gasteiger partial charge on any atom is -0.310 e.